The third-order valence-corrected chi connectivity index (χ3v) is 5.17. The van der Waals surface area contributed by atoms with E-state index in [1.54, 1.807) is 0 Å². The molecule has 0 aromatic carbocycles. The molecule has 2 aliphatic rings. The molecule has 2 rings (SSSR count). The number of carbonyl (C=O) groups excluding carboxylic acids is 1. The highest BCUT2D eigenvalue weighted by atomic mass is 16.2. The van der Waals surface area contributed by atoms with Gasteiger partial charge in [-0.15, -0.1) is 0 Å². The van der Waals surface area contributed by atoms with Crippen molar-refractivity contribution in [2.24, 2.45) is 17.6 Å². The molecule has 1 aliphatic heterocycles. The Labute approximate surface area is 123 Å². The minimum Gasteiger partial charge on any atom is -0.353 e. The first-order valence-corrected chi connectivity index (χ1v) is 8.40. The Hall–Kier alpha value is -0.610. The van der Waals surface area contributed by atoms with Crippen molar-refractivity contribution in [1.29, 1.82) is 0 Å². The summed E-state index contributed by atoms with van der Waals surface area (Å²) in [4.78, 5) is 15.0. The fraction of sp³-hybridized carbons (Fsp3) is 0.938. The van der Waals surface area contributed by atoms with Crippen LogP contribution in [-0.4, -0.2) is 42.5 Å². The van der Waals surface area contributed by atoms with Gasteiger partial charge in [0.15, 0.2) is 0 Å². The molecular weight excluding hydrogens is 250 g/mol. The first-order chi connectivity index (χ1) is 9.61. The average Bonchev–Trinajstić information content (AvgIpc) is 2.44. The van der Waals surface area contributed by atoms with Gasteiger partial charge >= 0.3 is 0 Å². The first kappa shape index (κ1) is 15.8. The lowest BCUT2D eigenvalue weighted by atomic mass is 9.76. The monoisotopic (exact) mass is 281 g/mol. The number of amides is 1. The zero-order valence-electron chi connectivity index (χ0n) is 13.1. The minimum atomic E-state index is 0.132. The maximum Gasteiger partial charge on any atom is 0.223 e. The number of nitrogens with zero attached hydrogens (tertiary/aromatic N) is 1. The third-order valence-electron chi connectivity index (χ3n) is 5.17. The first-order valence-electron chi connectivity index (χ1n) is 8.40. The maximum absolute atomic E-state index is 12.4. The zero-order valence-corrected chi connectivity index (χ0v) is 13.1. The molecule has 1 aliphatic carbocycles. The number of nitrogens with one attached hydrogen (secondary N) is 1. The maximum atomic E-state index is 12.4. The van der Waals surface area contributed by atoms with Gasteiger partial charge in [-0.3, -0.25) is 4.79 Å². The van der Waals surface area contributed by atoms with Crippen LogP contribution in [0.4, 0.5) is 0 Å². The standard InChI is InChI=1S/C16H31N3O/c1-3-9-19-10-7-13(8-11-19)18-16(20)14-5-4-6-15(17)12(14)2/h12-15H,3-11,17H2,1-2H3,(H,18,20). The molecule has 3 unspecified atom stereocenters. The van der Waals surface area contributed by atoms with E-state index in [9.17, 15) is 4.79 Å². The van der Waals surface area contributed by atoms with Gasteiger partial charge in [-0.2, -0.15) is 0 Å². The van der Waals surface area contributed by atoms with E-state index < -0.39 is 0 Å². The molecule has 3 atom stereocenters. The molecule has 0 bridgehead atoms. The lowest BCUT2D eigenvalue weighted by Gasteiger charge is -2.36. The van der Waals surface area contributed by atoms with Crippen LogP contribution in [0.5, 0.6) is 0 Å². The van der Waals surface area contributed by atoms with Crippen LogP contribution < -0.4 is 11.1 Å². The topological polar surface area (TPSA) is 58.4 Å². The van der Waals surface area contributed by atoms with Gasteiger partial charge in [0.1, 0.15) is 0 Å². The molecule has 4 nitrogen and oxygen atoms in total. The summed E-state index contributed by atoms with van der Waals surface area (Å²) in [6.07, 6.45) is 6.58. The summed E-state index contributed by atoms with van der Waals surface area (Å²) in [7, 11) is 0. The SMILES string of the molecule is CCCN1CCC(NC(=O)C2CCCC(N)C2C)CC1. The summed E-state index contributed by atoms with van der Waals surface area (Å²) < 4.78 is 0. The van der Waals surface area contributed by atoms with Gasteiger partial charge < -0.3 is 16.0 Å². The van der Waals surface area contributed by atoms with Crippen molar-refractivity contribution in [3.05, 3.63) is 0 Å². The molecule has 1 amide bonds. The Kier molecular flexibility index (Phi) is 5.85. The number of hydrogen-bond acceptors (Lipinski definition) is 3. The Morgan fingerprint density at radius 2 is 1.95 bits per heavy atom. The van der Waals surface area contributed by atoms with Crippen molar-refractivity contribution in [2.45, 2.75) is 64.5 Å². The van der Waals surface area contributed by atoms with Gasteiger partial charge in [-0.05, 0) is 44.6 Å². The summed E-state index contributed by atoms with van der Waals surface area (Å²) in [6, 6.07) is 0.576. The van der Waals surface area contributed by atoms with Gasteiger partial charge in [0.2, 0.25) is 5.91 Å². The quantitative estimate of drug-likeness (QED) is 0.825. The van der Waals surface area contributed by atoms with Crippen molar-refractivity contribution in [3.63, 3.8) is 0 Å². The largest absolute Gasteiger partial charge is 0.353 e. The number of rotatable bonds is 4. The Bertz CT molecular complexity index is 313. The van der Waals surface area contributed by atoms with Gasteiger partial charge in [-0.1, -0.05) is 20.3 Å². The number of piperidine rings is 1. The highest BCUT2D eigenvalue weighted by molar-refractivity contribution is 5.79. The summed E-state index contributed by atoms with van der Waals surface area (Å²) in [5.74, 6) is 0.706. The van der Waals surface area contributed by atoms with Crippen LogP contribution in [0.1, 0.15) is 52.4 Å². The highest BCUT2D eigenvalue weighted by Gasteiger charge is 2.33. The minimum absolute atomic E-state index is 0.132. The van der Waals surface area contributed by atoms with E-state index in [0.717, 1.165) is 45.2 Å². The molecule has 3 N–H and O–H groups in total. The lowest BCUT2D eigenvalue weighted by molar-refractivity contribution is -0.128. The lowest BCUT2D eigenvalue weighted by Crippen LogP contribution is -2.49. The van der Waals surface area contributed by atoms with Crippen LogP contribution in [-0.2, 0) is 4.79 Å². The number of hydrogen-bond donors (Lipinski definition) is 2. The van der Waals surface area contributed by atoms with Gasteiger partial charge in [0, 0.05) is 31.1 Å². The Morgan fingerprint density at radius 1 is 1.25 bits per heavy atom. The van der Waals surface area contributed by atoms with Crippen LogP contribution in [0.25, 0.3) is 0 Å². The van der Waals surface area contributed by atoms with E-state index in [4.69, 9.17) is 5.73 Å². The number of carbonyl (C=O) groups is 1. The molecule has 20 heavy (non-hydrogen) atoms. The molecule has 0 radical (unpaired) electrons. The van der Waals surface area contributed by atoms with Crippen LogP contribution in [0.2, 0.25) is 0 Å². The summed E-state index contributed by atoms with van der Waals surface area (Å²) in [5, 5.41) is 3.28. The van der Waals surface area contributed by atoms with Crippen molar-refractivity contribution < 1.29 is 4.79 Å². The van der Waals surface area contributed by atoms with Crippen molar-refractivity contribution in [1.82, 2.24) is 10.2 Å². The van der Waals surface area contributed by atoms with Crippen molar-refractivity contribution in [2.75, 3.05) is 19.6 Å². The molecule has 0 spiro atoms. The van der Waals surface area contributed by atoms with Crippen LogP contribution in [0.3, 0.4) is 0 Å². The molecule has 1 heterocycles. The van der Waals surface area contributed by atoms with Gasteiger partial charge in [0.05, 0.1) is 0 Å². The zero-order chi connectivity index (χ0) is 14.5. The second-order valence-corrected chi connectivity index (χ2v) is 6.68. The van der Waals surface area contributed by atoms with E-state index in [1.165, 1.54) is 13.0 Å². The molecule has 2 fully saturated rings. The van der Waals surface area contributed by atoms with Crippen molar-refractivity contribution >= 4 is 5.91 Å². The van der Waals surface area contributed by atoms with E-state index >= 15 is 0 Å². The Morgan fingerprint density at radius 3 is 2.60 bits per heavy atom. The normalized spacial score (nSPS) is 33.0. The second-order valence-electron chi connectivity index (χ2n) is 6.68. The van der Waals surface area contributed by atoms with E-state index in [1.807, 2.05) is 0 Å². The predicted molar refractivity (Wildman–Crippen MR) is 82.4 cm³/mol. The van der Waals surface area contributed by atoms with E-state index in [0.29, 0.717) is 12.0 Å². The molecule has 1 saturated heterocycles. The molecule has 0 aromatic rings. The molecule has 116 valence electrons. The fourth-order valence-electron chi connectivity index (χ4n) is 3.69. The van der Waals surface area contributed by atoms with Crippen LogP contribution in [0, 0.1) is 11.8 Å². The highest BCUT2D eigenvalue weighted by Crippen LogP contribution is 2.29. The fourth-order valence-corrected chi connectivity index (χ4v) is 3.69. The van der Waals surface area contributed by atoms with Crippen molar-refractivity contribution in [3.8, 4) is 0 Å². The Balaban J connectivity index is 1.77. The number of likely N-dealkylation sites (tertiary alicyclic amines) is 1. The molecular formula is C16H31N3O. The molecule has 1 saturated carbocycles. The summed E-state index contributed by atoms with van der Waals surface area (Å²) in [5.41, 5.74) is 6.10. The number of nitrogens with two attached hydrogens (primary N) is 1. The average molecular weight is 281 g/mol. The molecule has 4 heteroatoms. The van der Waals surface area contributed by atoms with Gasteiger partial charge in [0.25, 0.3) is 0 Å². The van der Waals surface area contributed by atoms with Crippen LogP contribution >= 0.6 is 0 Å². The van der Waals surface area contributed by atoms with E-state index in [-0.39, 0.29) is 17.9 Å². The smallest absolute Gasteiger partial charge is 0.223 e. The predicted octanol–water partition coefficient (Wildman–Crippen LogP) is 1.74. The van der Waals surface area contributed by atoms with Gasteiger partial charge in [-0.25, -0.2) is 0 Å². The molecule has 0 aromatic heterocycles. The second kappa shape index (κ2) is 7.41. The summed E-state index contributed by atoms with van der Waals surface area (Å²) in [6.45, 7) is 7.80. The van der Waals surface area contributed by atoms with E-state index in [2.05, 4.69) is 24.1 Å². The van der Waals surface area contributed by atoms with Crippen LogP contribution in [0.15, 0.2) is 0 Å². The third kappa shape index (κ3) is 3.95. The summed E-state index contributed by atoms with van der Waals surface area (Å²) >= 11 is 0.